The van der Waals surface area contributed by atoms with Crippen molar-refractivity contribution in [2.24, 2.45) is 12.8 Å². The van der Waals surface area contributed by atoms with Crippen LogP contribution in [0.4, 0.5) is 0 Å². The van der Waals surface area contributed by atoms with Crippen LogP contribution in [0.3, 0.4) is 0 Å². The number of allylic oxidation sites excluding steroid dienone is 3. The zero-order chi connectivity index (χ0) is 13.8. The van der Waals surface area contributed by atoms with Gasteiger partial charge in [0.2, 0.25) is 0 Å². The maximum atomic E-state index is 5.88. The van der Waals surface area contributed by atoms with Crippen LogP contribution in [0.15, 0.2) is 42.1 Å². The van der Waals surface area contributed by atoms with E-state index in [9.17, 15) is 0 Å². The second-order valence-electron chi connectivity index (χ2n) is 4.36. The molecule has 0 amide bonds. The van der Waals surface area contributed by atoms with Gasteiger partial charge in [0, 0.05) is 25.2 Å². The van der Waals surface area contributed by atoms with Gasteiger partial charge in [-0.15, -0.1) is 6.42 Å². The molecular weight excluding hydrogens is 234 g/mol. The number of benzene rings is 1. The van der Waals surface area contributed by atoms with Crippen LogP contribution in [0.2, 0.25) is 0 Å². The zero-order valence-corrected chi connectivity index (χ0v) is 11.2. The number of nitrogens with zero attached hydrogens (tertiary/aromatic N) is 2. The number of para-hydroxylation sites is 2. The Hall–Kier alpha value is -2.47. The first-order valence-corrected chi connectivity index (χ1v) is 6.15. The Morgan fingerprint density at radius 1 is 1.47 bits per heavy atom. The maximum Gasteiger partial charge on any atom is 0.136 e. The van der Waals surface area contributed by atoms with Gasteiger partial charge < -0.3 is 10.3 Å². The second kappa shape index (κ2) is 5.45. The van der Waals surface area contributed by atoms with Gasteiger partial charge in [0.05, 0.1) is 11.0 Å². The Bertz CT molecular complexity index is 696. The van der Waals surface area contributed by atoms with Crippen molar-refractivity contribution in [3.05, 3.63) is 47.9 Å². The Labute approximate surface area is 113 Å². The molecule has 3 heteroatoms. The Balaban J connectivity index is 2.45. The third-order valence-corrected chi connectivity index (χ3v) is 3.09. The number of fused-ring (bicyclic) bond motifs is 1. The monoisotopic (exact) mass is 251 g/mol. The molecule has 0 fully saturated rings. The summed E-state index contributed by atoms with van der Waals surface area (Å²) < 4.78 is 2.08. The van der Waals surface area contributed by atoms with E-state index in [0.717, 1.165) is 22.4 Å². The molecule has 19 heavy (non-hydrogen) atoms. The van der Waals surface area contributed by atoms with Crippen molar-refractivity contribution in [2.75, 3.05) is 0 Å². The summed E-state index contributed by atoms with van der Waals surface area (Å²) in [6.45, 7) is 1.98. The van der Waals surface area contributed by atoms with E-state index in [1.54, 1.807) is 6.08 Å². The zero-order valence-electron chi connectivity index (χ0n) is 11.2. The topological polar surface area (TPSA) is 43.8 Å². The number of aryl methyl sites for hydroxylation is 1. The first-order chi connectivity index (χ1) is 9.17. The maximum absolute atomic E-state index is 5.88. The van der Waals surface area contributed by atoms with E-state index in [-0.39, 0.29) is 0 Å². The highest BCUT2D eigenvalue weighted by molar-refractivity contribution is 5.80. The summed E-state index contributed by atoms with van der Waals surface area (Å²) in [4.78, 5) is 4.66. The molecule has 2 N–H and O–H groups in total. The summed E-state index contributed by atoms with van der Waals surface area (Å²) in [5.41, 5.74) is 9.72. The molecule has 1 heterocycles. The van der Waals surface area contributed by atoms with Crippen molar-refractivity contribution in [3.63, 3.8) is 0 Å². The molecule has 0 saturated carbocycles. The van der Waals surface area contributed by atoms with Crippen LogP contribution in [0.1, 0.15) is 19.2 Å². The normalized spacial score (nSPS) is 12.7. The van der Waals surface area contributed by atoms with Crippen molar-refractivity contribution in [3.8, 4) is 12.3 Å². The lowest BCUT2D eigenvalue weighted by Crippen LogP contribution is -2.02. The summed E-state index contributed by atoms with van der Waals surface area (Å²) in [7, 11) is 2.01. The minimum Gasteiger partial charge on any atom is -0.401 e. The second-order valence-corrected chi connectivity index (χ2v) is 4.36. The Morgan fingerprint density at radius 2 is 2.21 bits per heavy atom. The van der Waals surface area contributed by atoms with E-state index < -0.39 is 0 Å². The quantitative estimate of drug-likeness (QED) is 0.852. The molecule has 0 unspecified atom stereocenters. The Morgan fingerprint density at radius 3 is 2.84 bits per heavy atom. The summed E-state index contributed by atoms with van der Waals surface area (Å²) in [6.07, 6.45) is 9.45. The van der Waals surface area contributed by atoms with Crippen molar-refractivity contribution in [2.45, 2.75) is 13.3 Å². The lowest BCUT2D eigenvalue weighted by molar-refractivity contribution is 0.910. The van der Waals surface area contributed by atoms with Gasteiger partial charge in [-0.25, -0.2) is 4.98 Å². The SMILES string of the molecule is C#C/C=C(/N)C/C(=C\C)c1nc2ccccc2n1C. The third-order valence-electron chi connectivity index (χ3n) is 3.09. The van der Waals surface area contributed by atoms with Gasteiger partial charge in [0.1, 0.15) is 5.82 Å². The molecule has 0 aliphatic rings. The molecule has 0 atom stereocenters. The number of imidazole rings is 1. The molecule has 96 valence electrons. The average molecular weight is 251 g/mol. The number of hydrogen-bond donors (Lipinski definition) is 1. The van der Waals surface area contributed by atoms with Gasteiger partial charge in [-0.1, -0.05) is 24.1 Å². The molecule has 2 aromatic rings. The predicted octanol–water partition coefficient (Wildman–Crippen LogP) is 2.84. The van der Waals surface area contributed by atoms with Crippen LogP contribution in [-0.4, -0.2) is 9.55 Å². The number of rotatable bonds is 3. The lowest BCUT2D eigenvalue weighted by atomic mass is 10.1. The van der Waals surface area contributed by atoms with Crippen LogP contribution in [0.5, 0.6) is 0 Å². The van der Waals surface area contributed by atoms with Crippen LogP contribution in [0.25, 0.3) is 16.6 Å². The molecule has 0 radical (unpaired) electrons. The first-order valence-electron chi connectivity index (χ1n) is 6.15. The van der Waals surface area contributed by atoms with Crippen LogP contribution in [-0.2, 0) is 7.05 Å². The highest BCUT2D eigenvalue weighted by atomic mass is 15.1. The molecule has 1 aromatic carbocycles. The van der Waals surface area contributed by atoms with Crippen LogP contribution < -0.4 is 5.73 Å². The summed E-state index contributed by atoms with van der Waals surface area (Å²) in [5.74, 6) is 3.38. The van der Waals surface area contributed by atoms with Gasteiger partial charge in [0.15, 0.2) is 0 Å². The largest absolute Gasteiger partial charge is 0.401 e. The van der Waals surface area contributed by atoms with Gasteiger partial charge in [0.25, 0.3) is 0 Å². The predicted molar refractivity (Wildman–Crippen MR) is 80.1 cm³/mol. The molecule has 2 rings (SSSR count). The minimum atomic E-state index is 0.609. The molecule has 1 aromatic heterocycles. The van der Waals surface area contributed by atoms with Gasteiger partial charge in [-0.3, -0.25) is 0 Å². The van der Waals surface area contributed by atoms with Crippen molar-refractivity contribution in [1.82, 2.24) is 9.55 Å². The fourth-order valence-electron chi connectivity index (χ4n) is 2.12. The van der Waals surface area contributed by atoms with Crippen molar-refractivity contribution in [1.29, 1.82) is 0 Å². The fourth-order valence-corrected chi connectivity index (χ4v) is 2.12. The summed E-state index contributed by atoms with van der Waals surface area (Å²) in [6, 6.07) is 8.06. The highest BCUT2D eigenvalue weighted by Crippen LogP contribution is 2.23. The van der Waals surface area contributed by atoms with E-state index in [0.29, 0.717) is 12.1 Å². The molecular formula is C16H17N3. The summed E-state index contributed by atoms with van der Waals surface area (Å²) in [5, 5.41) is 0. The van der Waals surface area contributed by atoms with Crippen molar-refractivity contribution >= 4 is 16.6 Å². The molecule has 0 spiro atoms. The number of aromatic nitrogens is 2. The lowest BCUT2D eigenvalue weighted by Gasteiger charge is -2.07. The van der Waals surface area contributed by atoms with E-state index >= 15 is 0 Å². The average Bonchev–Trinajstić information content (AvgIpc) is 2.74. The molecule has 0 bridgehead atoms. The Kier molecular flexibility index (Phi) is 3.72. The summed E-state index contributed by atoms with van der Waals surface area (Å²) >= 11 is 0. The standard InChI is InChI=1S/C16H17N3/c1-4-8-13(17)11-12(5-2)16-18-14-9-6-7-10-15(14)19(16)3/h1,5-10H,11,17H2,2-3H3/b12-5+,13-8+. The van der Waals surface area contributed by atoms with E-state index in [4.69, 9.17) is 12.2 Å². The number of nitrogens with two attached hydrogens (primary N) is 1. The van der Waals surface area contributed by atoms with Crippen molar-refractivity contribution < 1.29 is 0 Å². The molecule has 0 aliphatic carbocycles. The fraction of sp³-hybridized carbons (Fsp3) is 0.188. The van der Waals surface area contributed by atoms with Gasteiger partial charge >= 0.3 is 0 Å². The van der Waals surface area contributed by atoms with E-state index in [1.807, 2.05) is 38.2 Å². The van der Waals surface area contributed by atoms with Gasteiger partial charge in [-0.2, -0.15) is 0 Å². The first kappa shape index (κ1) is 13.0. The molecule has 0 saturated heterocycles. The third kappa shape index (κ3) is 2.53. The number of hydrogen-bond acceptors (Lipinski definition) is 2. The van der Waals surface area contributed by atoms with Crippen LogP contribution in [0, 0.1) is 12.3 Å². The van der Waals surface area contributed by atoms with Gasteiger partial charge in [-0.05, 0) is 24.6 Å². The smallest absolute Gasteiger partial charge is 0.136 e. The minimum absolute atomic E-state index is 0.609. The highest BCUT2D eigenvalue weighted by Gasteiger charge is 2.11. The number of terminal acetylenes is 1. The molecule has 0 aliphatic heterocycles. The van der Waals surface area contributed by atoms with E-state index in [1.165, 1.54) is 0 Å². The van der Waals surface area contributed by atoms with E-state index in [2.05, 4.69) is 21.5 Å². The molecule has 3 nitrogen and oxygen atoms in total. The van der Waals surface area contributed by atoms with Crippen LogP contribution >= 0.6 is 0 Å².